The van der Waals surface area contributed by atoms with Crippen molar-refractivity contribution in [1.29, 1.82) is 0 Å². The summed E-state index contributed by atoms with van der Waals surface area (Å²) in [6.07, 6.45) is 5.85. The number of halogens is 2. The molecule has 1 aliphatic rings. The quantitative estimate of drug-likeness (QED) is 0.249. The fraction of sp³-hybridized carbons (Fsp3) is 0.250. The zero-order chi connectivity index (χ0) is 25.2. The lowest BCUT2D eigenvalue weighted by Crippen LogP contribution is -2.30. The van der Waals surface area contributed by atoms with E-state index < -0.39 is 23.2 Å². The number of anilines is 1. The molecule has 1 amide bonds. The van der Waals surface area contributed by atoms with Crippen LogP contribution in [0.4, 0.5) is 10.2 Å². The molecule has 6 nitrogen and oxygen atoms in total. The number of carbonyl (C=O) groups is 1. The van der Waals surface area contributed by atoms with Gasteiger partial charge in [0.15, 0.2) is 5.43 Å². The largest absolute Gasteiger partial charge is 0.494 e. The predicted octanol–water partition coefficient (Wildman–Crippen LogP) is 6.69. The van der Waals surface area contributed by atoms with Gasteiger partial charge in [-0.15, -0.1) is 0 Å². The van der Waals surface area contributed by atoms with E-state index in [9.17, 15) is 14.0 Å². The molecular formula is C28H24ClFN2O4. The molecule has 0 N–H and O–H groups in total. The maximum Gasteiger partial charge on any atom is 0.296 e. The summed E-state index contributed by atoms with van der Waals surface area (Å²) in [6, 6.07) is 13.3. The summed E-state index contributed by atoms with van der Waals surface area (Å²) in [5, 5.41) is 0.486. The summed E-state index contributed by atoms with van der Waals surface area (Å²) in [5.74, 6) is -0.149. The topological polar surface area (TPSA) is 72.6 Å². The Hall–Kier alpha value is -3.71. The van der Waals surface area contributed by atoms with Crippen molar-refractivity contribution in [2.45, 2.75) is 38.6 Å². The molecule has 3 heterocycles. The SMILES string of the molecule is CCCCCCOc1ccc(C2c3c(oc4ccc(F)cc4c3=O)C(=O)N2c2ccc(Cl)cn2)cc1. The first-order chi connectivity index (χ1) is 17.5. The average molecular weight is 507 g/mol. The Morgan fingerprint density at radius 2 is 1.86 bits per heavy atom. The Labute approximate surface area is 212 Å². The molecule has 0 bridgehead atoms. The zero-order valence-corrected chi connectivity index (χ0v) is 20.4. The molecule has 0 fully saturated rings. The van der Waals surface area contributed by atoms with E-state index in [-0.39, 0.29) is 22.3 Å². The number of carbonyl (C=O) groups excluding carboxylic acids is 1. The standard InChI is InChI=1S/C28H24ClFN2O4/c1-2-3-4-5-14-35-20-10-6-17(7-11-20)25-24-26(33)21-15-19(30)9-12-22(21)36-27(24)28(34)32(25)23-13-8-18(29)16-31-23/h6-13,15-16,25H,2-5,14H2,1H3. The summed E-state index contributed by atoms with van der Waals surface area (Å²) in [6.45, 7) is 2.78. The first kappa shape index (κ1) is 24.0. The second-order valence-electron chi connectivity index (χ2n) is 8.70. The number of aromatic nitrogens is 1. The fourth-order valence-corrected chi connectivity index (χ4v) is 4.58. The van der Waals surface area contributed by atoms with E-state index in [1.165, 1.54) is 29.7 Å². The third kappa shape index (κ3) is 4.46. The minimum absolute atomic E-state index is 0.0736. The molecule has 2 aromatic carbocycles. The Kier molecular flexibility index (Phi) is 6.74. The molecule has 4 aromatic rings. The summed E-state index contributed by atoms with van der Waals surface area (Å²) in [4.78, 5) is 32.8. The van der Waals surface area contributed by atoms with Crippen LogP contribution in [0.15, 0.2) is 70.0 Å². The van der Waals surface area contributed by atoms with E-state index in [1.807, 2.05) is 24.3 Å². The third-order valence-corrected chi connectivity index (χ3v) is 6.48. The van der Waals surface area contributed by atoms with E-state index in [4.69, 9.17) is 20.8 Å². The highest BCUT2D eigenvalue weighted by Crippen LogP contribution is 2.41. The number of unbranched alkanes of at least 4 members (excludes halogenated alkanes) is 3. The van der Waals surface area contributed by atoms with Gasteiger partial charge in [0.1, 0.15) is 23.0 Å². The summed E-state index contributed by atoms with van der Waals surface area (Å²) < 4.78 is 25.7. The van der Waals surface area contributed by atoms with Crippen molar-refractivity contribution in [2.75, 3.05) is 11.5 Å². The smallest absolute Gasteiger partial charge is 0.296 e. The predicted molar refractivity (Wildman–Crippen MR) is 136 cm³/mol. The normalized spacial score (nSPS) is 14.9. The molecule has 8 heteroatoms. The van der Waals surface area contributed by atoms with Crippen LogP contribution in [0, 0.1) is 5.82 Å². The van der Waals surface area contributed by atoms with Crippen molar-refractivity contribution in [3.05, 3.63) is 98.7 Å². The lowest BCUT2D eigenvalue weighted by Gasteiger charge is -2.24. The lowest BCUT2D eigenvalue weighted by molar-refractivity contribution is 0.0970. The van der Waals surface area contributed by atoms with Crippen LogP contribution in [0.1, 0.15) is 60.3 Å². The number of fused-ring (bicyclic) bond motifs is 2. The Bertz CT molecular complexity index is 1470. The second kappa shape index (κ2) is 10.1. The van der Waals surface area contributed by atoms with Gasteiger partial charge in [-0.3, -0.25) is 14.5 Å². The molecule has 184 valence electrons. The molecule has 5 rings (SSSR count). The van der Waals surface area contributed by atoms with Gasteiger partial charge in [-0.2, -0.15) is 0 Å². The van der Waals surface area contributed by atoms with Crippen LogP contribution in [0.3, 0.4) is 0 Å². The van der Waals surface area contributed by atoms with Crippen molar-refractivity contribution >= 4 is 34.3 Å². The van der Waals surface area contributed by atoms with Gasteiger partial charge in [-0.1, -0.05) is 49.9 Å². The fourth-order valence-electron chi connectivity index (χ4n) is 4.47. The van der Waals surface area contributed by atoms with Gasteiger partial charge in [0, 0.05) is 6.20 Å². The number of pyridine rings is 1. The van der Waals surface area contributed by atoms with Crippen molar-refractivity contribution < 1.29 is 18.3 Å². The van der Waals surface area contributed by atoms with Crippen LogP contribution < -0.4 is 15.1 Å². The third-order valence-electron chi connectivity index (χ3n) is 6.25. The van der Waals surface area contributed by atoms with Gasteiger partial charge >= 0.3 is 0 Å². The molecule has 0 aliphatic carbocycles. The molecule has 2 aromatic heterocycles. The minimum Gasteiger partial charge on any atom is -0.494 e. The highest BCUT2D eigenvalue weighted by molar-refractivity contribution is 6.30. The molecule has 1 unspecified atom stereocenters. The Morgan fingerprint density at radius 1 is 1.06 bits per heavy atom. The summed E-state index contributed by atoms with van der Waals surface area (Å²) >= 11 is 6.01. The number of hydrogen-bond acceptors (Lipinski definition) is 5. The number of rotatable bonds is 8. The van der Waals surface area contributed by atoms with Crippen molar-refractivity contribution in [2.24, 2.45) is 0 Å². The second-order valence-corrected chi connectivity index (χ2v) is 9.14. The minimum atomic E-state index is -0.816. The van der Waals surface area contributed by atoms with E-state index in [1.54, 1.807) is 12.1 Å². The van der Waals surface area contributed by atoms with Crippen LogP contribution in [0.2, 0.25) is 5.02 Å². The summed E-state index contributed by atoms with van der Waals surface area (Å²) in [5.41, 5.74) is 0.491. The maximum atomic E-state index is 14.0. The van der Waals surface area contributed by atoms with Gasteiger partial charge < -0.3 is 9.15 Å². The molecular weight excluding hydrogens is 483 g/mol. The van der Waals surface area contributed by atoms with Crippen LogP contribution in [0.25, 0.3) is 11.0 Å². The first-order valence-corrected chi connectivity index (χ1v) is 12.3. The molecule has 0 saturated carbocycles. The van der Waals surface area contributed by atoms with Crippen LogP contribution in [-0.2, 0) is 0 Å². The number of ether oxygens (including phenoxy) is 1. The van der Waals surface area contributed by atoms with Gasteiger partial charge in [0.2, 0.25) is 5.76 Å². The first-order valence-electron chi connectivity index (χ1n) is 11.9. The van der Waals surface area contributed by atoms with Gasteiger partial charge in [-0.05, 0) is 54.4 Å². The Morgan fingerprint density at radius 3 is 2.58 bits per heavy atom. The van der Waals surface area contributed by atoms with Crippen LogP contribution in [-0.4, -0.2) is 17.5 Å². The zero-order valence-electron chi connectivity index (χ0n) is 19.7. The number of benzene rings is 2. The molecule has 1 aliphatic heterocycles. The van der Waals surface area contributed by atoms with Crippen molar-refractivity contribution in [1.82, 2.24) is 4.98 Å². The van der Waals surface area contributed by atoms with Crippen molar-refractivity contribution in [3.8, 4) is 5.75 Å². The highest BCUT2D eigenvalue weighted by atomic mass is 35.5. The lowest BCUT2D eigenvalue weighted by atomic mass is 9.98. The van der Waals surface area contributed by atoms with Gasteiger partial charge in [0.05, 0.1) is 28.6 Å². The molecule has 1 atom stereocenters. The van der Waals surface area contributed by atoms with E-state index in [0.29, 0.717) is 28.8 Å². The van der Waals surface area contributed by atoms with Gasteiger partial charge in [-0.25, -0.2) is 9.37 Å². The van der Waals surface area contributed by atoms with E-state index >= 15 is 0 Å². The monoisotopic (exact) mass is 506 g/mol. The van der Waals surface area contributed by atoms with E-state index in [2.05, 4.69) is 11.9 Å². The molecule has 0 saturated heterocycles. The van der Waals surface area contributed by atoms with Gasteiger partial charge in [0.25, 0.3) is 5.91 Å². The molecule has 36 heavy (non-hydrogen) atoms. The van der Waals surface area contributed by atoms with Crippen LogP contribution >= 0.6 is 11.6 Å². The number of hydrogen-bond donors (Lipinski definition) is 0. The molecule has 0 radical (unpaired) electrons. The number of nitrogens with zero attached hydrogens (tertiary/aromatic N) is 2. The molecule has 0 spiro atoms. The maximum absolute atomic E-state index is 14.0. The van der Waals surface area contributed by atoms with E-state index in [0.717, 1.165) is 25.3 Å². The highest BCUT2D eigenvalue weighted by Gasteiger charge is 2.44. The number of amides is 1. The van der Waals surface area contributed by atoms with Crippen molar-refractivity contribution in [3.63, 3.8) is 0 Å². The summed E-state index contributed by atoms with van der Waals surface area (Å²) in [7, 11) is 0. The van der Waals surface area contributed by atoms with Crippen LogP contribution in [0.5, 0.6) is 5.75 Å². The Balaban J connectivity index is 1.57. The average Bonchev–Trinajstić information content (AvgIpc) is 3.18.